The summed E-state index contributed by atoms with van der Waals surface area (Å²) in [6, 6.07) is 16.4. The maximum Gasteiger partial charge on any atom is 0.258 e. The van der Waals surface area contributed by atoms with Crippen molar-refractivity contribution in [2.45, 2.75) is 62.4 Å². The number of aryl methyl sites for hydroxylation is 1. The van der Waals surface area contributed by atoms with Crippen molar-refractivity contribution >= 4 is 15.9 Å². The molecule has 2 N–H and O–H groups in total. The molecule has 1 atom stereocenters. The fraction of sp³-hybridized carbons (Fsp3) is 0.435. The molecule has 1 fully saturated rings. The molecule has 0 unspecified atom stereocenters. The molecule has 30 heavy (non-hydrogen) atoms. The molecule has 1 aliphatic carbocycles. The Kier molecular flexibility index (Phi) is 7.87. The van der Waals surface area contributed by atoms with Gasteiger partial charge in [0.2, 0.25) is 10.0 Å². The van der Waals surface area contributed by atoms with Gasteiger partial charge in [-0.25, -0.2) is 13.1 Å². The van der Waals surface area contributed by atoms with Gasteiger partial charge in [-0.2, -0.15) is 0 Å². The minimum Gasteiger partial charge on any atom is -0.484 e. The number of rotatable bonds is 10. The first-order valence-corrected chi connectivity index (χ1v) is 12.0. The highest BCUT2D eigenvalue weighted by molar-refractivity contribution is 7.89. The molecule has 7 heteroatoms. The van der Waals surface area contributed by atoms with Crippen LogP contribution in [0.3, 0.4) is 0 Å². The van der Waals surface area contributed by atoms with E-state index in [9.17, 15) is 13.2 Å². The summed E-state index contributed by atoms with van der Waals surface area (Å²) in [4.78, 5) is 12.3. The number of amides is 1. The van der Waals surface area contributed by atoms with Gasteiger partial charge in [0, 0.05) is 12.1 Å². The van der Waals surface area contributed by atoms with E-state index in [0.717, 1.165) is 38.5 Å². The Morgan fingerprint density at radius 1 is 1.07 bits per heavy atom. The first-order valence-electron chi connectivity index (χ1n) is 10.5. The second-order valence-electron chi connectivity index (χ2n) is 7.86. The van der Waals surface area contributed by atoms with Crippen LogP contribution in [0.15, 0.2) is 59.5 Å². The lowest BCUT2D eigenvalue weighted by atomic mass is 10.1. The number of hydrogen-bond acceptors (Lipinski definition) is 4. The Morgan fingerprint density at radius 2 is 1.73 bits per heavy atom. The first-order chi connectivity index (χ1) is 14.4. The van der Waals surface area contributed by atoms with Gasteiger partial charge in [0.15, 0.2) is 6.61 Å². The van der Waals surface area contributed by atoms with Gasteiger partial charge >= 0.3 is 0 Å². The van der Waals surface area contributed by atoms with Crippen LogP contribution in [0.1, 0.15) is 44.6 Å². The van der Waals surface area contributed by atoms with Gasteiger partial charge in [-0.1, -0.05) is 43.2 Å². The topological polar surface area (TPSA) is 84.5 Å². The van der Waals surface area contributed by atoms with Gasteiger partial charge in [0.05, 0.1) is 4.90 Å². The zero-order valence-electron chi connectivity index (χ0n) is 17.3. The summed E-state index contributed by atoms with van der Waals surface area (Å²) in [5.74, 6) is 0.261. The fourth-order valence-corrected chi connectivity index (χ4v) is 4.92. The smallest absolute Gasteiger partial charge is 0.258 e. The van der Waals surface area contributed by atoms with Gasteiger partial charge in [0.1, 0.15) is 5.75 Å². The molecule has 0 heterocycles. The van der Waals surface area contributed by atoms with Gasteiger partial charge in [-0.15, -0.1) is 0 Å². The highest BCUT2D eigenvalue weighted by Crippen LogP contribution is 2.21. The van der Waals surface area contributed by atoms with Crippen molar-refractivity contribution < 1.29 is 17.9 Å². The number of sulfonamides is 1. The van der Waals surface area contributed by atoms with Crippen LogP contribution in [-0.4, -0.2) is 33.0 Å². The molecular formula is C23H30N2O4S. The first kappa shape index (κ1) is 22.3. The van der Waals surface area contributed by atoms with Crippen LogP contribution >= 0.6 is 0 Å². The van der Waals surface area contributed by atoms with Crippen molar-refractivity contribution in [3.8, 4) is 5.75 Å². The quantitative estimate of drug-likeness (QED) is 0.605. The normalized spacial score (nSPS) is 15.6. The maximum atomic E-state index is 12.4. The third-order valence-electron chi connectivity index (χ3n) is 5.30. The number of carbonyl (C=O) groups is 1. The molecule has 0 aromatic heterocycles. The number of benzene rings is 2. The molecule has 0 bridgehead atoms. The molecule has 1 amide bonds. The van der Waals surface area contributed by atoms with E-state index in [4.69, 9.17) is 4.74 Å². The van der Waals surface area contributed by atoms with E-state index in [1.54, 1.807) is 12.1 Å². The molecule has 1 aliphatic rings. The average Bonchev–Trinajstić information content (AvgIpc) is 3.24. The second-order valence-corrected chi connectivity index (χ2v) is 9.57. The summed E-state index contributed by atoms with van der Waals surface area (Å²) in [7, 11) is -3.52. The molecule has 0 aliphatic heterocycles. The number of nitrogens with one attached hydrogen (secondary N) is 2. The Labute approximate surface area is 179 Å². The minimum atomic E-state index is -3.52. The third kappa shape index (κ3) is 6.85. The Morgan fingerprint density at radius 3 is 2.40 bits per heavy atom. The molecule has 0 spiro atoms. The molecule has 0 radical (unpaired) electrons. The monoisotopic (exact) mass is 430 g/mol. The van der Waals surface area contributed by atoms with Crippen LogP contribution in [0.5, 0.6) is 5.75 Å². The fourth-order valence-electron chi connectivity index (χ4n) is 3.61. The van der Waals surface area contributed by atoms with Crippen molar-refractivity contribution in [3.05, 3.63) is 60.2 Å². The second kappa shape index (κ2) is 10.6. The Balaban J connectivity index is 1.42. The summed E-state index contributed by atoms with van der Waals surface area (Å²) < 4.78 is 33.1. The van der Waals surface area contributed by atoms with Crippen LogP contribution in [-0.2, 0) is 21.2 Å². The Hall–Kier alpha value is -2.38. The Bertz CT molecular complexity index is 908. The molecule has 2 aromatic carbocycles. The van der Waals surface area contributed by atoms with E-state index in [1.165, 1.54) is 17.7 Å². The standard InChI is InChI=1S/C23H30N2O4S/c1-18(11-12-19-7-3-2-4-8-19)24-23(26)17-29-21-13-15-22(16-14-21)30(27,28)25-20-9-5-6-10-20/h2-4,7-8,13-16,18,20,25H,5-6,9-12,17H2,1H3,(H,24,26)/t18-/m1/s1. The lowest BCUT2D eigenvalue weighted by molar-refractivity contribution is -0.123. The van der Waals surface area contributed by atoms with Crippen molar-refractivity contribution in [1.82, 2.24) is 10.0 Å². The number of hydrogen-bond donors (Lipinski definition) is 2. The van der Waals surface area contributed by atoms with Crippen molar-refractivity contribution in [3.63, 3.8) is 0 Å². The lowest BCUT2D eigenvalue weighted by Crippen LogP contribution is -2.36. The van der Waals surface area contributed by atoms with Crippen molar-refractivity contribution in [1.29, 1.82) is 0 Å². The predicted molar refractivity (Wildman–Crippen MR) is 117 cm³/mol. The van der Waals surface area contributed by atoms with Crippen LogP contribution in [0.2, 0.25) is 0 Å². The van der Waals surface area contributed by atoms with E-state index in [2.05, 4.69) is 22.2 Å². The van der Waals surface area contributed by atoms with Crippen LogP contribution in [0, 0.1) is 0 Å². The van der Waals surface area contributed by atoms with Gasteiger partial charge in [-0.3, -0.25) is 4.79 Å². The largest absolute Gasteiger partial charge is 0.484 e. The van der Waals surface area contributed by atoms with Crippen molar-refractivity contribution in [2.75, 3.05) is 6.61 Å². The molecule has 0 saturated heterocycles. The van der Waals surface area contributed by atoms with E-state index >= 15 is 0 Å². The summed E-state index contributed by atoms with van der Waals surface area (Å²) in [6.07, 6.45) is 5.64. The van der Waals surface area contributed by atoms with E-state index in [-0.39, 0.29) is 29.5 Å². The molecule has 2 aromatic rings. The van der Waals surface area contributed by atoms with Crippen LogP contribution in [0.4, 0.5) is 0 Å². The van der Waals surface area contributed by atoms with E-state index < -0.39 is 10.0 Å². The molecule has 3 rings (SSSR count). The van der Waals surface area contributed by atoms with Crippen LogP contribution < -0.4 is 14.8 Å². The van der Waals surface area contributed by atoms with Gasteiger partial charge in [0.25, 0.3) is 5.91 Å². The molecular weight excluding hydrogens is 400 g/mol. The van der Waals surface area contributed by atoms with Gasteiger partial charge < -0.3 is 10.1 Å². The molecule has 6 nitrogen and oxygen atoms in total. The predicted octanol–water partition coefficient (Wildman–Crippen LogP) is 3.42. The van der Waals surface area contributed by atoms with E-state index in [0.29, 0.717) is 5.75 Å². The number of ether oxygens (including phenoxy) is 1. The SMILES string of the molecule is C[C@H](CCc1ccccc1)NC(=O)COc1ccc(S(=O)(=O)NC2CCCC2)cc1. The highest BCUT2D eigenvalue weighted by Gasteiger charge is 2.22. The zero-order chi connectivity index (χ0) is 21.4. The summed E-state index contributed by atoms with van der Waals surface area (Å²) in [5.41, 5.74) is 1.24. The number of carbonyl (C=O) groups excluding carboxylic acids is 1. The summed E-state index contributed by atoms with van der Waals surface area (Å²) in [6.45, 7) is 1.86. The highest BCUT2D eigenvalue weighted by atomic mass is 32.2. The maximum absolute atomic E-state index is 12.4. The lowest BCUT2D eigenvalue weighted by Gasteiger charge is -2.15. The average molecular weight is 431 g/mol. The van der Waals surface area contributed by atoms with E-state index in [1.807, 2.05) is 25.1 Å². The summed E-state index contributed by atoms with van der Waals surface area (Å²) >= 11 is 0. The third-order valence-corrected chi connectivity index (χ3v) is 6.83. The van der Waals surface area contributed by atoms with Crippen LogP contribution in [0.25, 0.3) is 0 Å². The molecule has 1 saturated carbocycles. The zero-order valence-corrected chi connectivity index (χ0v) is 18.2. The van der Waals surface area contributed by atoms with Gasteiger partial charge in [-0.05, 0) is 62.4 Å². The van der Waals surface area contributed by atoms with Crippen molar-refractivity contribution in [2.24, 2.45) is 0 Å². The molecule has 162 valence electrons. The summed E-state index contributed by atoms with van der Waals surface area (Å²) in [5, 5.41) is 2.93. The minimum absolute atomic E-state index is 0.0264.